The molecule has 0 unspecified atom stereocenters. The van der Waals surface area contributed by atoms with E-state index in [4.69, 9.17) is 0 Å². The fraction of sp³-hybridized carbons (Fsp3) is 0.559. The van der Waals surface area contributed by atoms with Gasteiger partial charge in [-0.2, -0.15) is 0 Å². The molecule has 0 saturated heterocycles. The van der Waals surface area contributed by atoms with Crippen molar-refractivity contribution in [3.8, 4) is 11.3 Å². The molecule has 1 heterocycles. The number of hydrogen-bond acceptors (Lipinski definition) is 0. The number of rotatable bonds is 4. The summed E-state index contributed by atoms with van der Waals surface area (Å²) < 4.78 is 2.38. The molecular weight excluding hydrogens is 422 g/mol. The Hall–Kier alpha value is -2.15. The molecule has 0 atom stereocenters. The number of benzene rings is 2. The standard InChI is InChI=1S/C34H46N/c1-24-31(27-14-10-7-11-15-27)21-29(26-12-8-6-9-13-26)22-32(24)33-30-17-16-25(23-34(2,3)4)20-28(30)18-19-35(33)5/h16-22,26-27H,6-15,23H2,1-5H3/q+1. The van der Waals surface area contributed by atoms with Crippen LogP contribution in [0.15, 0.2) is 42.6 Å². The average Bonchev–Trinajstić information content (AvgIpc) is 2.85. The molecule has 0 N–H and O–H groups in total. The van der Waals surface area contributed by atoms with E-state index in [0.29, 0.717) is 5.41 Å². The molecule has 2 aliphatic rings. The Morgan fingerprint density at radius 2 is 1.46 bits per heavy atom. The van der Waals surface area contributed by atoms with Gasteiger partial charge in [0.05, 0.1) is 10.9 Å². The average molecular weight is 469 g/mol. The molecule has 0 amide bonds. The Balaban J connectivity index is 1.67. The number of nitrogens with zero attached hydrogens (tertiary/aromatic N) is 1. The van der Waals surface area contributed by atoms with Gasteiger partial charge in [-0.3, -0.25) is 0 Å². The Morgan fingerprint density at radius 3 is 2.11 bits per heavy atom. The van der Waals surface area contributed by atoms with Crippen LogP contribution in [0, 0.1) is 12.3 Å². The third-order valence-electron chi connectivity index (χ3n) is 8.78. The van der Waals surface area contributed by atoms with Crippen LogP contribution < -0.4 is 4.57 Å². The Labute approximate surface area is 214 Å². The second-order valence-corrected chi connectivity index (χ2v) is 12.9. The molecule has 5 rings (SSSR count). The van der Waals surface area contributed by atoms with Gasteiger partial charge in [0.2, 0.25) is 5.69 Å². The van der Waals surface area contributed by atoms with Gasteiger partial charge in [-0.15, -0.1) is 0 Å². The van der Waals surface area contributed by atoms with E-state index < -0.39 is 0 Å². The lowest BCUT2D eigenvalue weighted by Gasteiger charge is -2.28. The lowest BCUT2D eigenvalue weighted by molar-refractivity contribution is -0.659. The Bertz CT molecular complexity index is 1180. The molecule has 35 heavy (non-hydrogen) atoms. The summed E-state index contributed by atoms with van der Waals surface area (Å²) in [6.07, 6.45) is 17.3. The fourth-order valence-electron chi connectivity index (χ4n) is 6.99. The van der Waals surface area contributed by atoms with Crippen LogP contribution in [0.5, 0.6) is 0 Å². The highest BCUT2D eigenvalue weighted by atomic mass is 14.9. The van der Waals surface area contributed by atoms with Crippen molar-refractivity contribution in [2.75, 3.05) is 0 Å². The third-order valence-corrected chi connectivity index (χ3v) is 8.78. The minimum Gasteiger partial charge on any atom is -0.200 e. The summed E-state index contributed by atoms with van der Waals surface area (Å²) in [4.78, 5) is 0. The van der Waals surface area contributed by atoms with E-state index in [2.05, 4.69) is 81.9 Å². The lowest BCUT2D eigenvalue weighted by Crippen LogP contribution is -2.31. The Kier molecular flexibility index (Phi) is 7.06. The van der Waals surface area contributed by atoms with Crippen molar-refractivity contribution in [1.29, 1.82) is 0 Å². The van der Waals surface area contributed by atoms with Crippen LogP contribution in [0.1, 0.15) is 119 Å². The summed E-state index contributed by atoms with van der Waals surface area (Å²) in [6.45, 7) is 9.41. The van der Waals surface area contributed by atoms with Gasteiger partial charge < -0.3 is 0 Å². The van der Waals surface area contributed by atoms with E-state index in [-0.39, 0.29) is 0 Å². The van der Waals surface area contributed by atoms with Crippen LogP contribution in [-0.4, -0.2) is 0 Å². The van der Waals surface area contributed by atoms with Gasteiger partial charge in [-0.1, -0.05) is 77.5 Å². The molecule has 186 valence electrons. The van der Waals surface area contributed by atoms with Gasteiger partial charge in [0.15, 0.2) is 6.20 Å². The molecule has 2 aromatic carbocycles. The van der Waals surface area contributed by atoms with Crippen LogP contribution in [0.3, 0.4) is 0 Å². The van der Waals surface area contributed by atoms with Gasteiger partial charge in [-0.25, -0.2) is 4.57 Å². The van der Waals surface area contributed by atoms with Crippen molar-refractivity contribution < 1.29 is 4.57 Å². The minimum absolute atomic E-state index is 0.301. The van der Waals surface area contributed by atoms with E-state index in [1.54, 1.807) is 11.1 Å². The van der Waals surface area contributed by atoms with Crippen LogP contribution in [0.4, 0.5) is 0 Å². The topological polar surface area (TPSA) is 3.88 Å². The second kappa shape index (κ2) is 10.1. The van der Waals surface area contributed by atoms with Crippen LogP contribution in [0.25, 0.3) is 22.0 Å². The monoisotopic (exact) mass is 468 g/mol. The highest BCUT2D eigenvalue weighted by Crippen LogP contribution is 2.42. The smallest absolute Gasteiger partial charge is 0.200 e. The van der Waals surface area contributed by atoms with Crippen molar-refractivity contribution >= 4 is 10.8 Å². The molecule has 2 saturated carbocycles. The predicted molar refractivity (Wildman–Crippen MR) is 150 cm³/mol. The van der Waals surface area contributed by atoms with Crippen molar-refractivity contribution in [2.45, 2.75) is 110 Å². The second-order valence-electron chi connectivity index (χ2n) is 12.9. The minimum atomic E-state index is 0.301. The third kappa shape index (κ3) is 5.35. The summed E-state index contributed by atoms with van der Waals surface area (Å²) in [5, 5.41) is 2.77. The van der Waals surface area contributed by atoms with E-state index in [9.17, 15) is 0 Å². The lowest BCUT2D eigenvalue weighted by atomic mass is 9.76. The molecule has 1 nitrogen and oxygen atoms in total. The van der Waals surface area contributed by atoms with Gasteiger partial charge in [0, 0.05) is 6.07 Å². The van der Waals surface area contributed by atoms with E-state index >= 15 is 0 Å². The molecule has 1 aromatic heterocycles. The first-order chi connectivity index (χ1) is 16.8. The number of fused-ring (bicyclic) bond motifs is 1. The van der Waals surface area contributed by atoms with Crippen molar-refractivity contribution in [1.82, 2.24) is 0 Å². The first kappa shape index (κ1) is 24.5. The molecule has 2 aliphatic carbocycles. The summed E-state index contributed by atoms with van der Waals surface area (Å²) in [7, 11) is 2.24. The van der Waals surface area contributed by atoms with Gasteiger partial charge in [0.1, 0.15) is 7.05 Å². The summed E-state index contributed by atoms with van der Waals surface area (Å²) in [5.41, 5.74) is 9.42. The summed E-state index contributed by atoms with van der Waals surface area (Å²) >= 11 is 0. The summed E-state index contributed by atoms with van der Waals surface area (Å²) in [5.74, 6) is 1.48. The fourth-order valence-corrected chi connectivity index (χ4v) is 6.99. The highest BCUT2D eigenvalue weighted by Gasteiger charge is 2.26. The SMILES string of the molecule is Cc1c(-c2c3ccc(CC(C)(C)C)cc3cc[n+]2C)cc(C2CCCCC2)cc1C1CCCCC1. The summed E-state index contributed by atoms with van der Waals surface area (Å²) in [6, 6.07) is 14.8. The number of pyridine rings is 1. The molecule has 0 radical (unpaired) electrons. The van der Waals surface area contributed by atoms with E-state index in [1.165, 1.54) is 97.4 Å². The molecule has 2 fully saturated rings. The largest absolute Gasteiger partial charge is 0.220 e. The predicted octanol–water partition coefficient (Wildman–Crippen LogP) is 9.32. The van der Waals surface area contributed by atoms with Gasteiger partial charge in [-0.05, 0) is 96.1 Å². The zero-order chi connectivity index (χ0) is 24.6. The number of aryl methyl sites for hydroxylation is 1. The maximum Gasteiger partial charge on any atom is 0.220 e. The maximum atomic E-state index is 2.65. The van der Waals surface area contributed by atoms with Crippen LogP contribution in [0.2, 0.25) is 0 Å². The number of hydrogen-bond donors (Lipinski definition) is 0. The molecule has 1 heteroatoms. The number of aromatic nitrogens is 1. The quantitative estimate of drug-likeness (QED) is 0.336. The zero-order valence-corrected chi connectivity index (χ0v) is 22.9. The first-order valence-electron chi connectivity index (χ1n) is 14.4. The molecular formula is C34H46N+. The highest BCUT2D eigenvalue weighted by molar-refractivity contribution is 5.94. The van der Waals surface area contributed by atoms with Crippen LogP contribution in [-0.2, 0) is 13.5 Å². The van der Waals surface area contributed by atoms with Crippen molar-refractivity contribution in [3.05, 3.63) is 64.8 Å². The van der Waals surface area contributed by atoms with Gasteiger partial charge in [0.25, 0.3) is 0 Å². The first-order valence-corrected chi connectivity index (χ1v) is 14.4. The molecule has 0 spiro atoms. The van der Waals surface area contributed by atoms with E-state index in [1.807, 2.05) is 0 Å². The van der Waals surface area contributed by atoms with Crippen LogP contribution >= 0.6 is 0 Å². The zero-order valence-electron chi connectivity index (χ0n) is 22.9. The van der Waals surface area contributed by atoms with Crippen molar-refractivity contribution in [3.63, 3.8) is 0 Å². The van der Waals surface area contributed by atoms with Gasteiger partial charge >= 0.3 is 0 Å². The Morgan fingerprint density at radius 1 is 0.800 bits per heavy atom. The van der Waals surface area contributed by atoms with Crippen molar-refractivity contribution in [2.24, 2.45) is 12.5 Å². The molecule has 0 aliphatic heterocycles. The van der Waals surface area contributed by atoms with E-state index in [0.717, 1.165) is 18.3 Å². The normalized spacial score (nSPS) is 18.3. The molecule has 3 aromatic rings. The molecule has 0 bridgehead atoms. The maximum absolute atomic E-state index is 2.65.